The lowest BCUT2D eigenvalue weighted by molar-refractivity contribution is -0.135. The summed E-state index contributed by atoms with van der Waals surface area (Å²) >= 11 is 0. The predicted octanol–water partition coefficient (Wildman–Crippen LogP) is 1.26. The molecule has 0 bridgehead atoms. The minimum absolute atomic E-state index is 0.0626. The van der Waals surface area contributed by atoms with Crippen molar-refractivity contribution in [2.75, 3.05) is 43.1 Å². The number of morpholine rings is 1. The second-order valence-corrected chi connectivity index (χ2v) is 6.11. The van der Waals surface area contributed by atoms with E-state index in [-0.39, 0.29) is 11.8 Å². The van der Waals surface area contributed by atoms with Gasteiger partial charge in [-0.25, -0.2) is 4.98 Å². The van der Waals surface area contributed by atoms with E-state index in [0.29, 0.717) is 25.2 Å². The monoisotopic (exact) mass is 332 g/mol. The van der Waals surface area contributed by atoms with Crippen LogP contribution in [0.4, 0.5) is 11.5 Å². The van der Waals surface area contributed by atoms with Gasteiger partial charge in [0.2, 0.25) is 11.8 Å². The number of anilines is 2. The Kier molecular flexibility index (Phi) is 5.30. The highest BCUT2D eigenvalue weighted by Crippen LogP contribution is 2.19. The number of hydrogen-bond acceptors (Lipinski definition) is 5. The minimum Gasteiger partial charge on any atom is -0.378 e. The van der Waals surface area contributed by atoms with Crippen LogP contribution in [0.3, 0.4) is 0 Å². The van der Waals surface area contributed by atoms with Crippen LogP contribution in [0.5, 0.6) is 0 Å². The Labute approximate surface area is 142 Å². The zero-order valence-electron chi connectivity index (χ0n) is 14.0. The van der Waals surface area contributed by atoms with Crippen LogP contribution in [-0.2, 0) is 14.3 Å². The second-order valence-electron chi connectivity index (χ2n) is 6.11. The van der Waals surface area contributed by atoms with E-state index >= 15 is 0 Å². The first-order valence-electron chi connectivity index (χ1n) is 8.58. The Hall–Kier alpha value is -2.15. The molecule has 0 saturated carbocycles. The third-order valence-electron chi connectivity index (χ3n) is 4.55. The summed E-state index contributed by atoms with van der Waals surface area (Å²) in [5.74, 6) is 0.411. The molecule has 130 valence electrons. The molecular formula is C17H24N4O3. The average Bonchev–Trinajstić information content (AvgIpc) is 3.03. The van der Waals surface area contributed by atoms with Crippen LogP contribution in [0.25, 0.3) is 0 Å². The van der Waals surface area contributed by atoms with Crippen molar-refractivity contribution in [1.29, 1.82) is 0 Å². The lowest BCUT2D eigenvalue weighted by Gasteiger charge is -2.28. The third-order valence-corrected chi connectivity index (χ3v) is 4.55. The average molecular weight is 332 g/mol. The van der Waals surface area contributed by atoms with Gasteiger partial charge < -0.3 is 19.9 Å². The molecule has 24 heavy (non-hydrogen) atoms. The first-order valence-corrected chi connectivity index (χ1v) is 8.58. The SMILES string of the molecule is CCC(C(=O)Nc1ccc(N2CCOCC2)cn1)N1CCCC1=O. The Bertz CT molecular complexity index is 584. The molecule has 0 aliphatic carbocycles. The molecule has 0 radical (unpaired) electrons. The quantitative estimate of drug-likeness (QED) is 0.878. The highest BCUT2D eigenvalue weighted by molar-refractivity contribution is 5.96. The van der Waals surface area contributed by atoms with Gasteiger partial charge in [-0.05, 0) is 25.0 Å². The van der Waals surface area contributed by atoms with Crippen molar-refractivity contribution in [3.63, 3.8) is 0 Å². The standard InChI is InChI=1S/C17H24N4O3/c1-2-14(21-7-3-4-16(21)22)17(23)19-15-6-5-13(12-18-15)20-8-10-24-11-9-20/h5-6,12,14H,2-4,7-11H2,1H3,(H,18,19,23). The molecule has 2 aliphatic rings. The zero-order valence-corrected chi connectivity index (χ0v) is 14.0. The maximum atomic E-state index is 12.5. The molecule has 1 N–H and O–H groups in total. The molecule has 0 spiro atoms. The minimum atomic E-state index is -0.416. The number of carbonyl (C=O) groups excluding carboxylic acids is 2. The van der Waals surface area contributed by atoms with Crippen LogP contribution >= 0.6 is 0 Å². The first kappa shape index (κ1) is 16.7. The number of pyridine rings is 1. The van der Waals surface area contributed by atoms with E-state index in [2.05, 4.69) is 15.2 Å². The fourth-order valence-electron chi connectivity index (χ4n) is 3.22. The van der Waals surface area contributed by atoms with Gasteiger partial charge in [0.25, 0.3) is 0 Å². The third kappa shape index (κ3) is 3.67. The lowest BCUT2D eigenvalue weighted by atomic mass is 10.2. The number of nitrogens with zero attached hydrogens (tertiary/aromatic N) is 3. The number of amides is 2. The van der Waals surface area contributed by atoms with Crippen LogP contribution in [-0.4, -0.2) is 60.6 Å². The number of ether oxygens (including phenoxy) is 1. The van der Waals surface area contributed by atoms with Crippen molar-refractivity contribution in [1.82, 2.24) is 9.88 Å². The Balaban J connectivity index is 1.62. The van der Waals surface area contributed by atoms with Gasteiger partial charge in [0.1, 0.15) is 11.9 Å². The lowest BCUT2D eigenvalue weighted by Crippen LogP contribution is -2.44. The topological polar surface area (TPSA) is 74.8 Å². The summed E-state index contributed by atoms with van der Waals surface area (Å²) in [5, 5.41) is 2.83. The van der Waals surface area contributed by atoms with Crippen LogP contribution < -0.4 is 10.2 Å². The van der Waals surface area contributed by atoms with E-state index in [1.54, 1.807) is 17.2 Å². The van der Waals surface area contributed by atoms with Crippen LogP contribution in [0.15, 0.2) is 18.3 Å². The van der Waals surface area contributed by atoms with Gasteiger partial charge in [-0.1, -0.05) is 6.92 Å². The van der Waals surface area contributed by atoms with Gasteiger partial charge in [-0.2, -0.15) is 0 Å². The van der Waals surface area contributed by atoms with Crippen molar-refractivity contribution in [2.45, 2.75) is 32.2 Å². The summed E-state index contributed by atoms with van der Waals surface area (Å²) in [6.07, 6.45) is 3.73. The molecule has 2 saturated heterocycles. The van der Waals surface area contributed by atoms with Gasteiger partial charge in [-0.3, -0.25) is 9.59 Å². The molecule has 1 aromatic rings. The summed E-state index contributed by atoms with van der Waals surface area (Å²) in [4.78, 5) is 32.6. The second kappa shape index (κ2) is 7.61. The normalized spacial score (nSPS) is 19.5. The molecule has 1 aromatic heterocycles. The molecule has 2 fully saturated rings. The van der Waals surface area contributed by atoms with Crippen molar-refractivity contribution >= 4 is 23.3 Å². The molecule has 1 unspecified atom stereocenters. The molecule has 2 aliphatic heterocycles. The Morgan fingerprint density at radius 2 is 2.12 bits per heavy atom. The fourth-order valence-corrected chi connectivity index (χ4v) is 3.22. The van der Waals surface area contributed by atoms with E-state index in [4.69, 9.17) is 4.74 Å². The van der Waals surface area contributed by atoms with E-state index in [0.717, 1.165) is 38.4 Å². The summed E-state index contributed by atoms with van der Waals surface area (Å²) in [6.45, 7) is 5.73. The number of likely N-dealkylation sites (tertiary alicyclic amines) is 1. The molecule has 3 heterocycles. The van der Waals surface area contributed by atoms with Crippen molar-refractivity contribution in [3.05, 3.63) is 18.3 Å². The van der Waals surface area contributed by atoms with Crippen molar-refractivity contribution in [3.8, 4) is 0 Å². The fraction of sp³-hybridized carbons (Fsp3) is 0.588. The number of rotatable bonds is 5. The zero-order chi connectivity index (χ0) is 16.9. The maximum Gasteiger partial charge on any atom is 0.248 e. The first-order chi connectivity index (χ1) is 11.7. The van der Waals surface area contributed by atoms with Gasteiger partial charge in [0.15, 0.2) is 0 Å². The summed E-state index contributed by atoms with van der Waals surface area (Å²) in [6, 6.07) is 3.35. The Morgan fingerprint density at radius 3 is 2.71 bits per heavy atom. The molecule has 3 rings (SSSR count). The predicted molar refractivity (Wildman–Crippen MR) is 90.9 cm³/mol. The highest BCUT2D eigenvalue weighted by Gasteiger charge is 2.31. The van der Waals surface area contributed by atoms with Gasteiger partial charge in [0.05, 0.1) is 25.1 Å². The van der Waals surface area contributed by atoms with Gasteiger partial charge >= 0.3 is 0 Å². The summed E-state index contributed by atoms with van der Waals surface area (Å²) in [7, 11) is 0. The van der Waals surface area contributed by atoms with E-state index in [1.165, 1.54) is 0 Å². The largest absolute Gasteiger partial charge is 0.378 e. The van der Waals surface area contributed by atoms with Crippen molar-refractivity contribution < 1.29 is 14.3 Å². The van der Waals surface area contributed by atoms with Gasteiger partial charge in [-0.15, -0.1) is 0 Å². The number of hydrogen-bond donors (Lipinski definition) is 1. The van der Waals surface area contributed by atoms with E-state index < -0.39 is 6.04 Å². The van der Waals surface area contributed by atoms with Crippen molar-refractivity contribution in [2.24, 2.45) is 0 Å². The highest BCUT2D eigenvalue weighted by atomic mass is 16.5. The molecule has 0 aromatic carbocycles. The number of carbonyl (C=O) groups is 2. The molecule has 7 nitrogen and oxygen atoms in total. The Morgan fingerprint density at radius 1 is 1.33 bits per heavy atom. The summed E-state index contributed by atoms with van der Waals surface area (Å²) < 4.78 is 5.34. The van der Waals surface area contributed by atoms with Gasteiger partial charge in [0, 0.05) is 26.1 Å². The van der Waals surface area contributed by atoms with E-state index in [9.17, 15) is 9.59 Å². The number of nitrogens with one attached hydrogen (secondary N) is 1. The molecule has 1 atom stereocenters. The van der Waals surface area contributed by atoms with Crippen LogP contribution in [0, 0.1) is 0 Å². The smallest absolute Gasteiger partial charge is 0.248 e. The van der Waals surface area contributed by atoms with Crippen LogP contribution in [0.2, 0.25) is 0 Å². The summed E-state index contributed by atoms with van der Waals surface area (Å²) in [5.41, 5.74) is 1.03. The molecule has 7 heteroatoms. The maximum absolute atomic E-state index is 12.5. The van der Waals surface area contributed by atoms with E-state index in [1.807, 2.05) is 13.0 Å². The molecular weight excluding hydrogens is 308 g/mol. The molecule has 2 amide bonds. The van der Waals surface area contributed by atoms with Crippen LogP contribution in [0.1, 0.15) is 26.2 Å². The number of aromatic nitrogens is 1.